The van der Waals surface area contributed by atoms with Crippen molar-refractivity contribution in [3.63, 3.8) is 0 Å². The SMILES string of the molecule is C=C(/C=C(C)\N=C/CC)c1c(O)c(=O)c1=O. The van der Waals surface area contributed by atoms with Crippen LogP contribution in [0.1, 0.15) is 25.8 Å². The van der Waals surface area contributed by atoms with Crippen molar-refractivity contribution in [2.75, 3.05) is 0 Å². The molecule has 0 saturated carbocycles. The molecule has 4 nitrogen and oxygen atoms in total. The van der Waals surface area contributed by atoms with Crippen molar-refractivity contribution in [1.29, 1.82) is 0 Å². The minimum absolute atomic E-state index is 0.00366. The lowest BCUT2D eigenvalue weighted by Gasteiger charge is -2.04. The molecule has 0 amide bonds. The Balaban J connectivity index is 2.94. The molecule has 16 heavy (non-hydrogen) atoms. The average molecular weight is 219 g/mol. The molecule has 0 aliphatic rings. The number of aromatic hydroxyl groups is 1. The maximum atomic E-state index is 11.1. The van der Waals surface area contributed by atoms with E-state index in [4.69, 9.17) is 0 Å². The molecule has 0 spiro atoms. The standard InChI is InChI=1S/C12H13NO3/c1-4-5-13-8(3)6-7(2)9-10(14)12(16)11(9)15/h5-6,14H,2,4H2,1,3H3/b8-6-,13-5-. The number of nitrogens with zero attached hydrogens (tertiary/aromatic N) is 1. The van der Waals surface area contributed by atoms with Crippen molar-refractivity contribution in [2.45, 2.75) is 20.3 Å². The summed E-state index contributed by atoms with van der Waals surface area (Å²) in [5.74, 6) is -0.501. The van der Waals surface area contributed by atoms with Crippen molar-refractivity contribution >= 4 is 11.8 Å². The smallest absolute Gasteiger partial charge is 0.268 e. The van der Waals surface area contributed by atoms with Crippen molar-refractivity contribution in [3.05, 3.63) is 44.4 Å². The molecule has 0 heterocycles. The first-order valence-electron chi connectivity index (χ1n) is 4.91. The molecule has 0 fully saturated rings. The van der Waals surface area contributed by atoms with E-state index in [0.29, 0.717) is 11.3 Å². The summed E-state index contributed by atoms with van der Waals surface area (Å²) in [6, 6.07) is 0. The normalized spacial score (nSPS) is 12.5. The van der Waals surface area contributed by atoms with E-state index in [1.807, 2.05) is 6.92 Å². The molecule has 0 radical (unpaired) electrons. The van der Waals surface area contributed by atoms with E-state index < -0.39 is 16.6 Å². The first kappa shape index (κ1) is 12.1. The summed E-state index contributed by atoms with van der Waals surface area (Å²) < 4.78 is 0. The van der Waals surface area contributed by atoms with Crippen LogP contribution in [0.2, 0.25) is 0 Å². The molecular formula is C12H13NO3. The molecule has 0 aromatic heterocycles. The molecule has 0 saturated heterocycles. The molecule has 0 bridgehead atoms. The predicted molar refractivity (Wildman–Crippen MR) is 64.6 cm³/mol. The highest BCUT2D eigenvalue weighted by Gasteiger charge is 2.21. The molecule has 1 N–H and O–H groups in total. The molecule has 4 heteroatoms. The minimum Gasteiger partial charge on any atom is -0.503 e. The van der Waals surface area contributed by atoms with Crippen LogP contribution in [0.25, 0.3) is 5.57 Å². The van der Waals surface area contributed by atoms with Gasteiger partial charge in [0.2, 0.25) is 5.43 Å². The summed E-state index contributed by atoms with van der Waals surface area (Å²) >= 11 is 0. The Morgan fingerprint density at radius 3 is 2.56 bits per heavy atom. The van der Waals surface area contributed by atoms with Crippen LogP contribution in [0.4, 0.5) is 0 Å². The van der Waals surface area contributed by atoms with Gasteiger partial charge in [-0.1, -0.05) is 13.5 Å². The lowest BCUT2D eigenvalue weighted by Crippen LogP contribution is -2.33. The van der Waals surface area contributed by atoms with Gasteiger partial charge in [0.1, 0.15) is 0 Å². The largest absolute Gasteiger partial charge is 0.503 e. The van der Waals surface area contributed by atoms with E-state index in [0.717, 1.165) is 6.42 Å². The number of hydrogen-bond donors (Lipinski definition) is 1. The van der Waals surface area contributed by atoms with E-state index in [1.165, 1.54) is 0 Å². The highest BCUT2D eigenvalue weighted by atomic mass is 16.3. The third kappa shape index (κ3) is 2.16. The third-order valence-electron chi connectivity index (χ3n) is 2.07. The van der Waals surface area contributed by atoms with E-state index >= 15 is 0 Å². The van der Waals surface area contributed by atoms with Gasteiger partial charge in [0.15, 0.2) is 5.75 Å². The van der Waals surface area contributed by atoms with Crippen molar-refractivity contribution in [3.8, 4) is 5.75 Å². The second-order valence-corrected chi connectivity index (χ2v) is 3.41. The molecule has 1 aromatic rings. The Kier molecular flexibility index (Phi) is 3.55. The summed E-state index contributed by atoms with van der Waals surface area (Å²) in [4.78, 5) is 26.0. The monoisotopic (exact) mass is 219 g/mol. The maximum absolute atomic E-state index is 11.1. The number of rotatable bonds is 4. The Morgan fingerprint density at radius 1 is 1.44 bits per heavy atom. The first-order valence-corrected chi connectivity index (χ1v) is 4.91. The molecule has 0 unspecified atom stereocenters. The maximum Gasteiger partial charge on any atom is 0.268 e. The van der Waals surface area contributed by atoms with Gasteiger partial charge in [0.25, 0.3) is 5.43 Å². The zero-order valence-electron chi connectivity index (χ0n) is 9.28. The quantitative estimate of drug-likeness (QED) is 0.472. The highest BCUT2D eigenvalue weighted by Crippen LogP contribution is 2.20. The van der Waals surface area contributed by atoms with Crippen molar-refractivity contribution < 1.29 is 5.11 Å². The van der Waals surface area contributed by atoms with Gasteiger partial charge in [0.05, 0.1) is 5.56 Å². The fraction of sp³-hybridized carbons (Fsp3) is 0.250. The average Bonchev–Trinajstić information content (AvgIpc) is 2.26. The van der Waals surface area contributed by atoms with Gasteiger partial charge in [-0.05, 0) is 25.0 Å². The van der Waals surface area contributed by atoms with E-state index in [-0.39, 0.29) is 5.56 Å². The van der Waals surface area contributed by atoms with E-state index in [1.54, 1.807) is 19.2 Å². The zero-order chi connectivity index (χ0) is 12.3. The van der Waals surface area contributed by atoms with Gasteiger partial charge in [-0.3, -0.25) is 14.6 Å². The lowest BCUT2D eigenvalue weighted by atomic mass is 10.0. The second-order valence-electron chi connectivity index (χ2n) is 3.41. The Morgan fingerprint density at radius 2 is 2.06 bits per heavy atom. The summed E-state index contributed by atoms with van der Waals surface area (Å²) in [7, 11) is 0. The second kappa shape index (κ2) is 4.70. The van der Waals surface area contributed by atoms with Crippen LogP contribution in [0, 0.1) is 0 Å². The Labute approximate surface area is 93.0 Å². The van der Waals surface area contributed by atoms with Crippen LogP contribution in [0.15, 0.2) is 32.9 Å². The molecule has 1 aromatic carbocycles. The summed E-state index contributed by atoms with van der Waals surface area (Å²) in [5, 5.41) is 9.19. The summed E-state index contributed by atoms with van der Waals surface area (Å²) in [6.45, 7) is 7.32. The number of aliphatic imine (C=N–C) groups is 1. The van der Waals surface area contributed by atoms with Crippen molar-refractivity contribution in [1.82, 2.24) is 0 Å². The first-order chi connectivity index (χ1) is 7.49. The van der Waals surface area contributed by atoms with Crippen LogP contribution in [0.5, 0.6) is 5.75 Å². The Hall–Kier alpha value is -1.97. The van der Waals surface area contributed by atoms with Crippen LogP contribution >= 0.6 is 0 Å². The molecule has 84 valence electrons. The fourth-order valence-corrected chi connectivity index (χ4v) is 1.27. The predicted octanol–water partition coefficient (Wildman–Crippen LogP) is 1.39. The highest BCUT2D eigenvalue weighted by molar-refractivity contribution is 5.78. The van der Waals surface area contributed by atoms with Gasteiger partial charge in [0, 0.05) is 11.9 Å². The van der Waals surface area contributed by atoms with Gasteiger partial charge in [-0.2, -0.15) is 0 Å². The van der Waals surface area contributed by atoms with Crippen LogP contribution in [-0.4, -0.2) is 11.3 Å². The molecule has 0 atom stereocenters. The molecular weight excluding hydrogens is 206 g/mol. The number of allylic oxidation sites excluding steroid dienone is 3. The van der Waals surface area contributed by atoms with E-state index in [9.17, 15) is 14.7 Å². The topological polar surface area (TPSA) is 66.7 Å². The van der Waals surface area contributed by atoms with Crippen LogP contribution in [0.3, 0.4) is 0 Å². The molecule has 0 aliphatic carbocycles. The van der Waals surface area contributed by atoms with Gasteiger partial charge in [-0.15, -0.1) is 0 Å². The minimum atomic E-state index is -0.848. The fourth-order valence-electron chi connectivity index (χ4n) is 1.27. The third-order valence-corrected chi connectivity index (χ3v) is 2.07. The molecule has 1 rings (SSSR count). The van der Waals surface area contributed by atoms with Crippen LogP contribution < -0.4 is 10.9 Å². The van der Waals surface area contributed by atoms with Crippen LogP contribution in [-0.2, 0) is 0 Å². The Bertz CT molecular complexity index is 543. The lowest BCUT2D eigenvalue weighted by molar-refractivity contribution is 0.461. The summed E-state index contributed by atoms with van der Waals surface area (Å²) in [6.07, 6.45) is 4.09. The zero-order valence-corrected chi connectivity index (χ0v) is 9.28. The van der Waals surface area contributed by atoms with Gasteiger partial charge >= 0.3 is 0 Å². The number of hydrogen-bond acceptors (Lipinski definition) is 4. The van der Waals surface area contributed by atoms with Crippen molar-refractivity contribution in [2.24, 2.45) is 4.99 Å². The summed E-state index contributed by atoms with van der Waals surface area (Å²) in [5.41, 5.74) is -0.562. The van der Waals surface area contributed by atoms with Gasteiger partial charge in [-0.25, -0.2) is 0 Å². The molecule has 0 aliphatic heterocycles. The van der Waals surface area contributed by atoms with E-state index in [2.05, 4.69) is 11.6 Å². The van der Waals surface area contributed by atoms with Gasteiger partial charge < -0.3 is 5.11 Å².